The molecule has 0 aromatic rings. The van der Waals surface area contributed by atoms with Crippen LogP contribution in [0.5, 0.6) is 0 Å². The molecule has 0 spiro atoms. The monoisotopic (exact) mass is 240 g/mol. The number of amides is 1. The zero-order chi connectivity index (χ0) is 13.5. The summed E-state index contributed by atoms with van der Waals surface area (Å²) in [6, 6.07) is 0. The number of rotatable bonds is 8. The molecule has 4 heteroatoms. The van der Waals surface area contributed by atoms with Crippen molar-refractivity contribution in [1.29, 1.82) is 0 Å². The lowest BCUT2D eigenvalue weighted by atomic mass is 9.86. The van der Waals surface area contributed by atoms with E-state index in [4.69, 9.17) is 0 Å². The topological polar surface area (TPSA) is 49.4 Å². The van der Waals surface area contributed by atoms with Gasteiger partial charge < -0.3 is 15.0 Å². The summed E-state index contributed by atoms with van der Waals surface area (Å²) in [5, 5.41) is 3.07. The summed E-state index contributed by atoms with van der Waals surface area (Å²) in [5.41, 5.74) is 0.640. The predicted octanol–water partition coefficient (Wildman–Crippen LogP) is 1.57. The van der Waals surface area contributed by atoms with E-state index in [9.17, 15) is 9.59 Å². The van der Waals surface area contributed by atoms with E-state index in [2.05, 4.69) is 11.9 Å². The van der Waals surface area contributed by atoms with Crippen molar-refractivity contribution < 1.29 is 9.59 Å². The molecule has 0 bridgehead atoms. The minimum absolute atomic E-state index is 0.0698. The van der Waals surface area contributed by atoms with Crippen LogP contribution in [0.25, 0.3) is 0 Å². The molecule has 0 fully saturated rings. The summed E-state index contributed by atoms with van der Waals surface area (Å²) in [6.45, 7) is 10.8. The van der Waals surface area contributed by atoms with Gasteiger partial charge in [-0.05, 0) is 12.3 Å². The number of carbonyl (C=O) groups is 2. The third-order valence-electron chi connectivity index (χ3n) is 2.57. The Labute approximate surface area is 104 Å². The van der Waals surface area contributed by atoms with E-state index in [1.54, 1.807) is 11.9 Å². The molecule has 0 saturated heterocycles. The Hall–Kier alpha value is -1.32. The normalized spacial score (nSPS) is 10.8. The van der Waals surface area contributed by atoms with Gasteiger partial charge in [-0.25, -0.2) is 0 Å². The zero-order valence-electron chi connectivity index (χ0n) is 11.4. The molecule has 0 aromatic heterocycles. The SMILES string of the molecule is C=C(C)NCCN(C)C(=O)CC(C)(C)CC=O. The fourth-order valence-corrected chi connectivity index (χ4v) is 1.40. The van der Waals surface area contributed by atoms with Crippen molar-refractivity contribution in [3.05, 3.63) is 12.3 Å². The molecule has 0 aliphatic carbocycles. The first-order valence-electron chi connectivity index (χ1n) is 5.85. The van der Waals surface area contributed by atoms with Crippen LogP contribution in [0, 0.1) is 5.41 Å². The van der Waals surface area contributed by atoms with E-state index < -0.39 is 0 Å². The molecular weight excluding hydrogens is 216 g/mol. The van der Waals surface area contributed by atoms with Crippen molar-refractivity contribution in [2.24, 2.45) is 5.41 Å². The maximum Gasteiger partial charge on any atom is 0.222 e. The van der Waals surface area contributed by atoms with Gasteiger partial charge in [-0.15, -0.1) is 0 Å². The van der Waals surface area contributed by atoms with Crippen LogP contribution in [-0.2, 0) is 9.59 Å². The lowest BCUT2D eigenvalue weighted by molar-refractivity contribution is -0.132. The van der Waals surface area contributed by atoms with Gasteiger partial charge in [-0.1, -0.05) is 20.4 Å². The van der Waals surface area contributed by atoms with Crippen LogP contribution < -0.4 is 5.32 Å². The lowest BCUT2D eigenvalue weighted by Gasteiger charge is -2.25. The van der Waals surface area contributed by atoms with Crippen LogP contribution in [0.3, 0.4) is 0 Å². The molecule has 98 valence electrons. The highest BCUT2D eigenvalue weighted by Gasteiger charge is 2.23. The summed E-state index contributed by atoms with van der Waals surface area (Å²) in [5.74, 6) is 0.0698. The number of hydrogen-bond acceptors (Lipinski definition) is 3. The van der Waals surface area contributed by atoms with Crippen molar-refractivity contribution in [1.82, 2.24) is 10.2 Å². The first-order valence-corrected chi connectivity index (χ1v) is 5.85. The van der Waals surface area contributed by atoms with Crippen molar-refractivity contribution in [2.75, 3.05) is 20.1 Å². The van der Waals surface area contributed by atoms with Crippen molar-refractivity contribution >= 4 is 12.2 Å². The second-order valence-electron chi connectivity index (χ2n) is 5.23. The van der Waals surface area contributed by atoms with Crippen LogP contribution in [0.2, 0.25) is 0 Å². The summed E-state index contributed by atoms with van der Waals surface area (Å²) in [6.07, 6.45) is 1.68. The van der Waals surface area contributed by atoms with Crippen LogP contribution in [0.4, 0.5) is 0 Å². The van der Waals surface area contributed by atoms with Crippen LogP contribution in [0.15, 0.2) is 12.3 Å². The van der Waals surface area contributed by atoms with E-state index in [1.807, 2.05) is 20.8 Å². The van der Waals surface area contributed by atoms with Gasteiger partial charge in [0.05, 0.1) is 0 Å². The van der Waals surface area contributed by atoms with Gasteiger partial charge in [0.1, 0.15) is 6.29 Å². The van der Waals surface area contributed by atoms with Gasteiger partial charge in [0.25, 0.3) is 0 Å². The number of hydrogen-bond donors (Lipinski definition) is 1. The molecule has 0 aromatic carbocycles. The second kappa shape index (κ2) is 7.09. The van der Waals surface area contributed by atoms with E-state index in [-0.39, 0.29) is 11.3 Å². The molecule has 0 atom stereocenters. The van der Waals surface area contributed by atoms with E-state index in [1.165, 1.54) is 0 Å². The molecule has 0 saturated carbocycles. The Morgan fingerprint density at radius 2 is 2.06 bits per heavy atom. The number of likely N-dealkylation sites (N-methyl/N-ethyl adjacent to an activating group) is 1. The molecule has 0 aliphatic heterocycles. The number of allylic oxidation sites excluding steroid dienone is 1. The largest absolute Gasteiger partial charge is 0.387 e. The molecule has 0 radical (unpaired) electrons. The van der Waals surface area contributed by atoms with E-state index >= 15 is 0 Å². The van der Waals surface area contributed by atoms with Gasteiger partial charge in [-0.3, -0.25) is 4.79 Å². The van der Waals surface area contributed by atoms with Crippen molar-refractivity contribution in [3.8, 4) is 0 Å². The highest BCUT2D eigenvalue weighted by Crippen LogP contribution is 2.24. The van der Waals surface area contributed by atoms with Gasteiger partial charge in [0.2, 0.25) is 5.91 Å². The minimum atomic E-state index is -0.255. The van der Waals surface area contributed by atoms with Gasteiger partial charge in [0.15, 0.2) is 0 Å². The molecule has 17 heavy (non-hydrogen) atoms. The fraction of sp³-hybridized carbons (Fsp3) is 0.692. The molecule has 0 aliphatic rings. The van der Waals surface area contributed by atoms with E-state index in [0.29, 0.717) is 25.9 Å². The molecule has 0 heterocycles. The minimum Gasteiger partial charge on any atom is -0.387 e. The highest BCUT2D eigenvalue weighted by molar-refractivity contribution is 5.77. The van der Waals surface area contributed by atoms with Gasteiger partial charge in [-0.2, -0.15) is 0 Å². The summed E-state index contributed by atoms with van der Waals surface area (Å²) in [7, 11) is 1.78. The zero-order valence-corrected chi connectivity index (χ0v) is 11.4. The Morgan fingerprint density at radius 3 is 2.53 bits per heavy atom. The average molecular weight is 240 g/mol. The Balaban J connectivity index is 4.04. The third kappa shape index (κ3) is 7.55. The predicted molar refractivity (Wildman–Crippen MR) is 69.5 cm³/mol. The van der Waals surface area contributed by atoms with Gasteiger partial charge >= 0.3 is 0 Å². The Kier molecular flexibility index (Phi) is 6.54. The molecule has 4 nitrogen and oxygen atoms in total. The van der Waals surface area contributed by atoms with Crippen molar-refractivity contribution in [2.45, 2.75) is 33.6 Å². The summed E-state index contributed by atoms with van der Waals surface area (Å²) >= 11 is 0. The summed E-state index contributed by atoms with van der Waals surface area (Å²) in [4.78, 5) is 24.0. The van der Waals surface area contributed by atoms with Crippen LogP contribution in [-0.4, -0.2) is 37.2 Å². The maximum atomic E-state index is 11.9. The summed E-state index contributed by atoms with van der Waals surface area (Å²) < 4.78 is 0. The quantitative estimate of drug-likeness (QED) is 0.655. The first kappa shape index (κ1) is 15.7. The number of nitrogens with zero attached hydrogens (tertiary/aromatic N) is 1. The lowest BCUT2D eigenvalue weighted by Crippen LogP contribution is -2.35. The Bertz CT molecular complexity index is 285. The first-order chi connectivity index (χ1) is 7.78. The van der Waals surface area contributed by atoms with Crippen LogP contribution >= 0.6 is 0 Å². The smallest absolute Gasteiger partial charge is 0.222 e. The molecule has 1 amide bonds. The number of carbonyl (C=O) groups excluding carboxylic acids is 2. The average Bonchev–Trinajstić information content (AvgIpc) is 2.15. The second-order valence-corrected chi connectivity index (χ2v) is 5.23. The highest BCUT2D eigenvalue weighted by atomic mass is 16.2. The van der Waals surface area contributed by atoms with Gasteiger partial charge in [0, 0.05) is 38.7 Å². The van der Waals surface area contributed by atoms with Crippen LogP contribution in [0.1, 0.15) is 33.6 Å². The molecular formula is C13H24N2O2. The number of nitrogens with one attached hydrogen (secondary N) is 1. The standard InChI is InChI=1S/C13H24N2O2/c1-11(2)14-7-8-15(5)12(17)10-13(3,4)6-9-16/h9,14H,1,6-8,10H2,2-5H3. The fourth-order valence-electron chi connectivity index (χ4n) is 1.40. The third-order valence-corrected chi connectivity index (χ3v) is 2.57. The van der Waals surface area contributed by atoms with E-state index in [0.717, 1.165) is 12.0 Å². The van der Waals surface area contributed by atoms with Crippen molar-refractivity contribution in [3.63, 3.8) is 0 Å². The molecule has 1 N–H and O–H groups in total. The maximum absolute atomic E-state index is 11.9. The Morgan fingerprint density at radius 1 is 1.47 bits per heavy atom. The number of aldehydes is 1. The molecule has 0 unspecified atom stereocenters. The molecule has 0 rings (SSSR count).